The molecule has 1 unspecified atom stereocenters. The van der Waals surface area contributed by atoms with E-state index in [9.17, 15) is 0 Å². The molecule has 2 nitrogen and oxygen atoms in total. The predicted octanol–water partition coefficient (Wildman–Crippen LogP) is 4.43. The molecule has 2 rings (SSSR count). The molecule has 0 spiro atoms. The van der Waals surface area contributed by atoms with Gasteiger partial charge in [-0.2, -0.15) is 0 Å². The van der Waals surface area contributed by atoms with Crippen LogP contribution in [0, 0.1) is 13.8 Å². The highest BCUT2D eigenvalue weighted by Crippen LogP contribution is 2.24. The molecule has 1 atom stereocenters. The summed E-state index contributed by atoms with van der Waals surface area (Å²) in [7, 11) is 0. The summed E-state index contributed by atoms with van der Waals surface area (Å²) in [6.07, 6.45) is 0. The van der Waals surface area contributed by atoms with Gasteiger partial charge in [-0.25, -0.2) is 4.98 Å². The van der Waals surface area contributed by atoms with Gasteiger partial charge in [0.25, 0.3) is 0 Å². The summed E-state index contributed by atoms with van der Waals surface area (Å²) < 4.78 is 1.16. The summed E-state index contributed by atoms with van der Waals surface area (Å²) in [6.45, 7) is 7.27. The number of hydrogen-bond donors (Lipinski definition) is 1. The third kappa shape index (κ3) is 3.37. The second-order valence-corrected chi connectivity index (χ2v) is 7.33. The fraction of sp³-hybridized carbons (Fsp3) is 0.417. The second-order valence-electron chi connectivity index (χ2n) is 4.01. The van der Waals surface area contributed by atoms with Crippen molar-refractivity contribution in [2.24, 2.45) is 0 Å². The molecule has 92 valence electrons. The second kappa shape index (κ2) is 5.61. The van der Waals surface area contributed by atoms with E-state index in [1.54, 1.807) is 22.7 Å². The number of nitrogens with zero attached hydrogens (tertiary/aromatic N) is 1. The quantitative estimate of drug-likeness (QED) is 0.896. The largest absolute Gasteiger partial charge is 0.304 e. The standard InChI is InChI=1S/C12H15BrN2S2/c1-7(12-8(2)17-9(3)15-12)14-5-11-4-10(13)6-16-11/h4,6-7,14H,5H2,1-3H3. The van der Waals surface area contributed by atoms with Gasteiger partial charge in [0, 0.05) is 32.2 Å². The zero-order chi connectivity index (χ0) is 12.4. The van der Waals surface area contributed by atoms with Crippen LogP contribution in [0.25, 0.3) is 0 Å². The first kappa shape index (κ1) is 13.2. The summed E-state index contributed by atoms with van der Waals surface area (Å²) in [4.78, 5) is 7.23. The van der Waals surface area contributed by atoms with E-state index in [0.29, 0.717) is 6.04 Å². The van der Waals surface area contributed by atoms with Gasteiger partial charge in [-0.05, 0) is 42.8 Å². The SMILES string of the molecule is Cc1nc(C(C)NCc2cc(Br)cs2)c(C)s1. The highest BCUT2D eigenvalue weighted by Gasteiger charge is 2.12. The Morgan fingerprint density at radius 3 is 2.76 bits per heavy atom. The van der Waals surface area contributed by atoms with Gasteiger partial charge in [-0.15, -0.1) is 22.7 Å². The van der Waals surface area contributed by atoms with Crippen LogP contribution >= 0.6 is 38.6 Å². The maximum absolute atomic E-state index is 4.58. The first-order valence-electron chi connectivity index (χ1n) is 5.46. The molecule has 2 heterocycles. The molecule has 0 saturated carbocycles. The van der Waals surface area contributed by atoms with Crippen molar-refractivity contribution in [2.75, 3.05) is 0 Å². The Labute approximate surface area is 118 Å². The Kier molecular flexibility index (Phi) is 4.36. The van der Waals surface area contributed by atoms with Gasteiger partial charge >= 0.3 is 0 Å². The summed E-state index contributed by atoms with van der Waals surface area (Å²) in [5, 5.41) is 6.77. The lowest BCUT2D eigenvalue weighted by molar-refractivity contribution is 0.565. The summed E-state index contributed by atoms with van der Waals surface area (Å²) >= 11 is 7.01. The van der Waals surface area contributed by atoms with Crippen LogP contribution in [0.2, 0.25) is 0 Å². The lowest BCUT2D eigenvalue weighted by Gasteiger charge is -2.11. The summed E-state index contributed by atoms with van der Waals surface area (Å²) in [5.41, 5.74) is 1.18. The van der Waals surface area contributed by atoms with Gasteiger partial charge in [0.15, 0.2) is 0 Å². The molecule has 5 heteroatoms. The van der Waals surface area contributed by atoms with Crippen molar-refractivity contribution >= 4 is 38.6 Å². The molecule has 0 aliphatic carbocycles. The minimum Gasteiger partial charge on any atom is -0.304 e. The molecule has 2 aromatic heterocycles. The first-order chi connectivity index (χ1) is 8.06. The fourth-order valence-electron chi connectivity index (χ4n) is 1.74. The molecule has 0 aliphatic heterocycles. The van der Waals surface area contributed by atoms with E-state index in [1.807, 2.05) is 0 Å². The smallest absolute Gasteiger partial charge is 0.0900 e. The maximum Gasteiger partial charge on any atom is 0.0900 e. The van der Waals surface area contributed by atoms with E-state index < -0.39 is 0 Å². The highest BCUT2D eigenvalue weighted by atomic mass is 79.9. The average molecular weight is 331 g/mol. The molecule has 0 amide bonds. The van der Waals surface area contributed by atoms with E-state index in [1.165, 1.54) is 15.4 Å². The van der Waals surface area contributed by atoms with E-state index in [0.717, 1.165) is 16.0 Å². The molecular weight excluding hydrogens is 316 g/mol. The fourth-order valence-corrected chi connectivity index (χ4v) is 4.06. The number of rotatable bonds is 4. The van der Waals surface area contributed by atoms with Crippen molar-refractivity contribution in [3.63, 3.8) is 0 Å². The van der Waals surface area contributed by atoms with Crippen LogP contribution in [0.3, 0.4) is 0 Å². The first-order valence-corrected chi connectivity index (χ1v) is 7.95. The van der Waals surface area contributed by atoms with Crippen molar-refractivity contribution in [2.45, 2.75) is 33.4 Å². The molecular formula is C12H15BrN2S2. The van der Waals surface area contributed by atoms with Gasteiger partial charge in [0.2, 0.25) is 0 Å². The highest BCUT2D eigenvalue weighted by molar-refractivity contribution is 9.10. The van der Waals surface area contributed by atoms with Gasteiger partial charge in [-0.1, -0.05) is 0 Å². The number of halogens is 1. The van der Waals surface area contributed by atoms with E-state index in [-0.39, 0.29) is 0 Å². The van der Waals surface area contributed by atoms with Gasteiger partial charge in [-0.3, -0.25) is 0 Å². The Hall–Kier alpha value is -0.230. The van der Waals surface area contributed by atoms with Crippen LogP contribution in [0.15, 0.2) is 15.9 Å². The van der Waals surface area contributed by atoms with Crippen molar-refractivity contribution in [1.82, 2.24) is 10.3 Å². The number of hydrogen-bond acceptors (Lipinski definition) is 4. The van der Waals surface area contributed by atoms with Crippen molar-refractivity contribution in [3.05, 3.63) is 36.4 Å². The number of nitrogens with one attached hydrogen (secondary N) is 1. The number of thiazole rings is 1. The molecule has 0 bridgehead atoms. The molecule has 0 saturated heterocycles. The summed E-state index contributed by atoms with van der Waals surface area (Å²) in [6, 6.07) is 2.46. The summed E-state index contributed by atoms with van der Waals surface area (Å²) in [5.74, 6) is 0. The van der Waals surface area contributed by atoms with Gasteiger partial charge < -0.3 is 5.32 Å². The number of aromatic nitrogens is 1. The minimum absolute atomic E-state index is 0.306. The molecule has 0 radical (unpaired) electrons. The normalized spacial score (nSPS) is 12.9. The van der Waals surface area contributed by atoms with Crippen LogP contribution in [-0.2, 0) is 6.54 Å². The van der Waals surface area contributed by atoms with Crippen molar-refractivity contribution in [3.8, 4) is 0 Å². The lowest BCUT2D eigenvalue weighted by atomic mass is 10.2. The lowest BCUT2D eigenvalue weighted by Crippen LogP contribution is -2.18. The zero-order valence-corrected chi connectivity index (χ0v) is 13.3. The molecule has 0 aliphatic rings. The Morgan fingerprint density at radius 1 is 1.47 bits per heavy atom. The molecule has 1 N–H and O–H groups in total. The van der Waals surface area contributed by atoms with Crippen molar-refractivity contribution in [1.29, 1.82) is 0 Å². The third-order valence-corrected chi connectivity index (χ3v) is 5.15. The van der Waals surface area contributed by atoms with E-state index in [4.69, 9.17) is 0 Å². The van der Waals surface area contributed by atoms with Crippen molar-refractivity contribution < 1.29 is 0 Å². The number of aryl methyl sites for hydroxylation is 2. The Morgan fingerprint density at radius 2 is 2.24 bits per heavy atom. The molecule has 0 aromatic carbocycles. The van der Waals surface area contributed by atoms with Crippen LogP contribution in [0.5, 0.6) is 0 Å². The van der Waals surface area contributed by atoms with Crippen LogP contribution < -0.4 is 5.32 Å². The Bertz CT molecular complexity index is 504. The third-order valence-electron chi connectivity index (χ3n) is 2.55. The topological polar surface area (TPSA) is 24.9 Å². The predicted molar refractivity (Wildman–Crippen MR) is 78.9 cm³/mol. The van der Waals surface area contributed by atoms with Crippen LogP contribution in [0.4, 0.5) is 0 Å². The monoisotopic (exact) mass is 330 g/mol. The van der Waals surface area contributed by atoms with E-state index >= 15 is 0 Å². The molecule has 17 heavy (non-hydrogen) atoms. The Balaban J connectivity index is 1.97. The van der Waals surface area contributed by atoms with Gasteiger partial charge in [0.1, 0.15) is 0 Å². The average Bonchev–Trinajstić information content (AvgIpc) is 2.81. The van der Waals surface area contributed by atoms with Gasteiger partial charge in [0.05, 0.1) is 10.7 Å². The van der Waals surface area contributed by atoms with Crippen LogP contribution in [-0.4, -0.2) is 4.98 Å². The zero-order valence-electron chi connectivity index (χ0n) is 10.1. The number of thiophene rings is 1. The minimum atomic E-state index is 0.306. The maximum atomic E-state index is 4.58. The van der Waals surface area contributed by atoms with E-state index in [2.05, 4.69) is 58.4 Å². The van der Waals surface area contributed by atoms with Crippen LogP contribution in [0.1, 0.15) is 33.4 Å². The molecule has 0 fully saturated rings. The molecule has 2 aromatic rings.